The van der Waals surface area contributed by atoms with Crippen molar-refractivity contribution in [2.75, 3.05) is 6.54 Å². The summed E-state index contributed by atoms with van der Waals surface area (Å²) in [6, 6.07) is 0. The Labute approximate surface area is 124 Å². The molecule has 0 unspecified atom stereocenters. The van der Waals surface area contributed by atoms with Crippen molar-refractivity contribution in [2.45, 2.75) is 38.5 Å². The molecule has 2 aromatic rings. The first-order valence-corrected chi connectivity index (χ1v) is 8.30. The van der Waals surface area contributed by atoms with Crippen LogP contribution in [0.2, 0.25) is 0 Å². The minimum Gasteiger partial charge on any atom is -0.283 e. The fourth-order valence-electron chi connectivity index (χ4n) is 2.33. The van der Waals surface area contributed by atoms with Crippen LogP contribution in [-0.4, -0.2) is 34.9 Å². The lowest BCUT2D eigenvalue weighted by molar-refractivity contribution is 0.577. The molecule has 0 aromatic carbocycles. The Balaban J connectivity index is 1.97. The van der Waals surface area contributed by atoms with Gasteiger partial charge in [0.2, 0.25) is 10.0 Å². The Kier molecular flexibility index (Phi) is 4.48. The third-order valence-electron chi connectivity index (χ3n) is 3.56. The molecular formula is C13H21N5O2S. The van der Waals surface area contributed by atoms with Gasteiger partial charge in [-0.05, 0) is 39.2 Å². The van der Waals surface area contributed by atoms with Crippen molar-refractivity contribution in [3.8, 4) is 0 Å². The third-order valence-corrected chi connectivity index (χ3v) is 5.27. The summed E-state index contributed by atoms with van der Waals surface area (Å²) >= 11 is 0. The normalized spacial score (nSPS) is 12.0. The number of hydrogen-bond donors (Lipinski definition) is 2. The molecule has 0 bridgehead atoms. The van der Waals surface area contributed by atoms with E-state index >= 15 is 0 Å². The molecule has 0 aliphatic rings. The van der Waals surface area contributed by atoms with Gasteiger partial charge >= 0.3 is 0 Å². The molecule has 116 valence electrons. The van der Waals surface area contributed by atoms with E-state index in [0.29, 0.717) is 17.9 Å². The van der Waals surface area contributed by atoms with E-state index in [1.54, 1.807) is 31.8 Å². The molecule has 0 radical (unpaired) electrons. The van der Waals surface area contributed by atoms with E-state index in [0.717, 1.165) is 24.1 Å². The van der Waals surface area contributed by atoms with Gasteiger partial charge in [-0.25, -0.2) is 13.1 Å². The lowest BCUT2D eigenvalue weighted by atomic mass is 10.1. The predicted molar refractivity (Wildman–Crippen MR) is 79.5 cm³/mol. The molecule has 2 N–H and O–H groups in total. The second kappa shape index (κ2) is 5.98. The average Bonchev–Trinajstić information content (AvgIpc) is 2.90. The maximum atomic E-state index is 12.3. The highest BCUT2D eigenvalue weighted by Crippen LogP contribution is 2.18. The number of aromatic nitrogens is 4. The Morgan fingerprint density at radius 3 is 2.57 bits per heavy atom. The first-order chi connectivity index (χ1) is 9.83. The zero-order chi connectivity index (χ0) is 15.6. The fourth-order valence-corrected chi connectivity index (χ4v) is 3.84. The predicted octanol–water partition coefficient (Wildman–Crippen LogP) is 0.980. The molecule has 0 aliphatic carbocycles. The number of nitrogens with zero attached hydrogens (tertiary/aromatic N) is 3. The summed E-state index contributed by atoms with van der Waals surface area (Å²) in [4.78, 5) is 0.282. The Morgan fingerprint density at radius 1 is 1.33 bits per heavy atom. The van der Waals surface area contributed by atoms with Crippen molar-refractivity contribution in [3.05, 3.63) is 28.8 Å². The summed E-state index contributed by atoms with van der Waals surface area (Å²) < 4.78 is 28.9. The van der Waals surface area contributed by atoms with Crippen LogP contribution in [0.5, 0.6) is 0 Å². The minimum absolute atomic E-state index is 0.282. The van der Waals surface area contributed by atoms with Crippen LogP contribution in [-0.2, 0) is 23.5 Å². The molecule has 0 saturated heterocycles. The summed E-state index contributed by atoms with van der Waals surface area (Å²) in [5, 5.41) is 11.0. The van der Waals surface area contributed by atoms with Crippen LogP contribution < -0.4 is 4.72 Å². The standard InChI is InChI=1S/C13H21N5O2S/c1-9-12(8-14-16-9)6-5-7-15-21(19,20)13-10(2)17-18(4)11(13)3/h8,15H,5-7H2,1-4H3,(H,14,16). The van der Waals surface area contributed by atoms with Gasteiger partial charge in [-0.3, -0.25) is 9.78 Å². The van der Waals surface area contributed by atoms with Crippen molar-refractivity contribution >= 4 is 10.0 Å². The Bertz CT molecular complexity index is 730. The van der Waals surface area contributed by atoms with Crippen molar-refractivity contribution in [3.63, 3.8) is 0 Å². The highest BCUT2D eigenvalue weighted by atomic mass is 32.2. The van der Waals surface area contributed by atoms with Gasteiger partial charge in [-0.15, -0.1) is 0 Å². The van der Waals surface area contributed by atoms with Crippen molar-refractivity contribution < 1.29 is 8.42 Å². The third kappa shape index (κ3) is 3.33. The maximum Gasteiger partial charge on any atom is 0.244 e. The van der Waals surface area contributed by atoms with E-state index < -0.39 is 10.0 Å². The summed E-state index contributed by atoms with van der Waals surface area (Å²) in [5.41, 5.74) is 3.30. The molecular weight excluding hydrogens is 290 g/mol. The molecule has 21 heavy (non-hydrogen) atoms. The number of rotatable bonds is 6. The van der Waals surface area contributed by atoms with Gasteiger partial charge in [0, 0.05) is 19.3 Å². The van der Waals surface area contributed by atoms with Gasteiger partial charge < -0.3 is 0 Å². The number of aromatic amines is 1. The summed E-state index contributed by atoms with van der Waals surface area (Å²) in [7, 11) is -1.77. The van der Waals surface area contributed by atoms with Crippen LogP contribution in [0.15, 0.2) is 11.1 Å². The van der Waals surface area contributed by atoms with E-state index in [4.69, 9.17) is 0 Å². The highest BCUT2D eigenvalue weighted by molar-refractivity contribution is 7.89. The molecule has 0 fully saturated rings. The molecule has 0 saturated carbocycles. The SMILES string of the molecule is Cc1nn(C)c(C)c1S(=O)(=O)NCCCc1cn[nH]c1C. The summed E-state index contributed by atoms with van der Waals surface area (Å²) in [5.74, 6) is 0. The van der Waals surface area contributed by atoms with Crippen molar-refractivity contribution in [1.29, 1.82) is 0 Å². The van der Waals surface area contributed by atoms with Crippen LogP contribution in [0.3, 0.4) is 0 Å². The summed E-state index contributed by atoms with van der Waals surface area (Å²) in [6.07, 6.45) is 3.28. The minimum atomic E-state index is -3.51. The van der Waals surface area contributed by atoms with Crippen molar-refractivity contribution in [1.82, 2.24) is 24.7 Å². The topological polar surface area (TPSA) is 92.7 Å². The molecule has 0 aliphatic heterocycles. The number of sulfonamides is 1. The first-order valence-electron chi connectivity index (χ1n) is 6.81. The molecule has 8 heteroatoms. The molecule has 2 aromatic heterocycles. The smallest absolute Gasteiger partial charge is 0.244 e. The fraction of sp³-hybridized carbons (Fsp3) is 0.538. The Hall–Kier alpha value is -1.67. The number of hydrogen-bond acceptors (Lipinski definition) is 4. The molecule has 2 rings (SSSR count). The second-order valence-electron chi connectivity index (χ2n) is 5.15. The van der Waals surface area contributed by atoms with Crippen molar-refractivity contribution in [2.24, 2.45) is 7.05 Å². The van der Waals surface area contributed by atoms with Crippen LogP contribution >= 0.6 is 0 Å². The van der Waals surface area contributed by atoms with Gasteiger partial charge in [-0.2, -0.15) is 10.2 Å². The van der Waals surface area contributed by atoms with Crippen LogP contribution in [0.4, 0.5) is 0 Å². The van der Waals surface area contributed by atoms with Gasteiger partial charge in [-0.1, -0.05) is 0 Å². The summed E-state index contributed by atoms with van der Waals surface area (Å²) in [6.45, 7) is 5.80. The Morgan fingerprint density at radius 2 is 2.05 bits per heavy atom. The van der Waals surface area contributed by atoms with E-state index in [9.17, 15) is 8.42 Å². The average molecular weight is 311 g/mol. The zero-order valence-corrected chi connectivity index (χ0v) is 13.6. The van der Waals surface area contributed by atoms with Crippen LogP contribution in [0, 0.1) is 20.8 Å². The quantitative estimate of drug-likeness (QED) is 0.778. The van der Waals surface area contributed by atoms with Gasteiger partial charge in [0.15, 0.2) is 0 Å². The van der Waals surface area contributed by atoms with E-state index in [-0.39, 0.29) is 4.90 Å². The molecule has 0 spiro atoms. The molecule has 2 heterocycles. The number of nitrogens with one attached hydrogen (secondary N) is 2. The van der Waals surface area contributed by atoms with Gasteiger partial charge in [0.25, 0.3) is 0 Å². The van der Waals surface area contributed by atoms with E-state index in [2.05, 4.69) is 20.0 Å². The number of aryl methyl sites for hydroxylation is 4. The van der Waals surface area contributed by atoms with E-state index in [1.165, 1.54) is 0 Å². The molecule has 0 amide bonds. The first kappa shape index (κ1) is 15.7. The van der Waals surface area contributed by atoms with Crippen LogP contribution in [0.25, 0.3) is 0 Å². The zero-order valence-electron chi connectivity index (χ0n) is 12.8. The second-order valence-corrected chi connectivity index (χ2v) is 6.85. The molecule has 0 atom stereocenters. The van der Waals surface area contributed by atoms with Crippen LogP contribution in [0.1, 0.15) is 29.1 Å². The number of H-pyrrole nitrogens is 1. The van der Waals surface area contributed by atoms with Gasteiger partial charge in [0.05, 0.1) is 17.6 Å². The van der Waals surface area contributed by atoms with Gasteiger partial charge in [0.1, 0.15) is 4.90 Å². The van der Waals surface area contributed by atoms with E-state index in [1.807, 2.05) is 6.92 Å². The maximum absolute atomic E-state index is 12.3. The molecule has 7 nitrogen and oxygen atoms in total. The lowest BCUT2D eigenvalue weighted by Gasteiger charge is -2.07. The highest BCUT2D eigenvalue weighted by Gasteiger charge is 2.23. The monoisotopic (exact) mass is 311 g/mol. The largest absolute Gasteiger partial charge is 0.283 e. The lowest BCUT2D eigenvalue weighted by Crippen LogP contribution is -2.26.